The Bertz CT molecular complexity index is 616. The van der Waals surface area contributed by atoms with Crippen molar-refractivity contribution < 1.29 is 14.4 Å². The molecular weight excluding hydrogens is 306 g/mol. The van der Waals surface area contributed by atoms with E-state index in [2.05, 4.69) is 10.1 Å². The Hall–Kier alpha value is -1.92. The zero-order valence-corrected chi connectivity index (χ0v) is 13.5. The summed E-state index contributed by atoms with van der Waals surface area (Å²) in [5.74, 6) is 0.101. The van der Waals surface area contributed by atoms with E-state index in [1.165, 1.54) is 0 Å². The summed E-state index contributed by atoms with van der Waals surface area (Å²) in [6, 6.07) is 7.84. The third-order valence-corrected chi connectivity index (χ3v) is 3.00. The summed E-state index contributed by atoms with van der Waals surface area (Å²) in [6.07, 6.45) is 0.867. The number of hydrogen-bond donors (Lipinski definition) is 1. The van der Waals surface area contributed by atoms with Gasteiger partial charge in [-0.05, 0) is 26.0 Å². The molecule has 1 aromatic heterocycles. The second-order valence-electron chi connectivity index (χ2n) is 4.99. The number of aliphatic carboxylic acids is 1. The Morgan fingerprint density at radius 2 is 2.18 bits per heavy atom. The van der Waals surface area contributed by atoms with Gasteiger partial charge >= 0.3 is 5.97 Å². The van der Waals surface area contributed by atoms with E-state index in [1.54, 1.807) is 4.90 Å². The summed E-state index contributed by atoms with van der Waals surface area (Å²) in [5.41, 5.74) is 2.02. The highest BCUT2D eigenvalue weighted by Gasteiger charge is 2.14. The molecule has 0 saturated carbocycles. The van der Waals surface area contributed by atoms with Crippen molar-refractivity contribution in [3.05, 3.63) is 35.7 Å². The maximum absolute atomic E-state index is 10.8. The third-order valence-electron chi connectivity index (χ3n) is 3.00. The average Bonchev–Trinajstić information content (AvgIpc) is 2.87. The molecule has 0 spiro atoms. The van der Waals surface area contributed by atoms with Gasteiger partial charge in [-0.15, -0.1) is 12.4 Å². The first-order valence-electron chi connectivity index (χ1n) is 6.92. The molecule has 0 aliphatic carbocycles. The number of carboxylic acids is 1. The molecule has 0 atom stereocenters. The number of rotatable bonds is 7. The van der Waals surface area contributed by atoms with Crippen molar-refractivity contribution in [3.63, 3.8) is 0 Å². The van der Waals surface area contributed by atoms with Crippen LogP contribution >= 0.6 is 12.4 Å². The molecule has 2 aromatic rings. The molecule has 2 rings (SSSR count). The minimum Gasteiger partial charge on any atom is -0.480 e. The summed E-state index contributed by atoms with van der Waals surface area (Å²) in [7, 11) is 0. The third kappa shape index (κ3) is 5.13. The van der Waals surface area contributed by atoms with E-state index < -0.39 is 5.97 Å². The van der Waals surface area contributed by atoms with Crippen molar-refractivity contribution in [2.24, 2.45) is 0 Å². The van der Waals surface area contributed by atoms with Crippen LogP contribution in [0, 0.1) is 6.92 Å². The van der Waals surface area contributed by atoms with Gasteiger partial charge < -0.3 is 9.63 Å². The molecule has 1 heterocycles. The zero-order valence-electron chi connectivity index (χ0n) is 12.7. The van der Waals surface area contributed by atoms with Crippen LogP contribution in [0.4, 0.5) is 0 Å². The highest BCUT2D eigenvalue weighted by molar-refractivity contribution is 5.85. The fourth-order valence-electron chi connectivity index (χ4n) is 2.13. The van der Waals surface area contributed by atoms with Gasteiger partial charge in [0, 0.05) is 5.56 Å². The highest BCUT2D eigenvalue weighted by Crippen LogP contribution is 2.17. The Morgan fingerprint density at radius 3 is 2.82 bits per heavy atom. The molecule has 0 radical (unpaired) electrons. The van der Waals surface area contributed by atoms with Crippen LogP contribution in [0.1, 0.15) is 24.8 Å². The van der Waals surface area contributed by atoms with E-state index in [0.717, 1.165) is 17.5 Å². The van der Waals surface area contributed by atoms with Gasteiger partial charge in [0.25, 0.3) is 0 Å². The van der Waals surface area contributed by atoms with Crippen LogP contribution < -0.4 is 0 Å². The van der Waals surface area contributed by atoms with Crippen molar-refractivity contribution in [2.75, 3.05) is 13.1 Å². The van der Waals surface area contributed by atoms with E-state index in [4.69, 9.17) is 9.63 Å². The molecule has 0 bridgehead atoms. The Labute approximate surface area is 135 Å². The van der Waals surface area contributed by atoms with Crippen LogP contribution in [-0.4, -0.2) is 39.2 Å². The minimum atomic E-state index is -0.859. The minimum absolute atomic E-state index is 0. The van der Waals surface area contributed by atoms with Crippen LogP contribution in [0.25, 0.3) is 11.4 Å². The number of carboxylic acid groups (broad SMARTS) is 1. The van der Waals surface area contributed by atoms with E-state index in [9.17, 15) is 4.79 Å². The molecule has 0 unspecified atom stereocenters. The molecule has 0 aliphatic rings. The van der Waals surface area contributed by atoms with Crippen molar-refractivity contribution in [1.29, 1.82) is 0 Å². The lowest BCUT2D eigenvalue weighted by Gasteiger charge is -2.16. The Balaban J connectivity index is 0.00000242. The first-order valence-corrected chi connectivity index (χ1v) is 6.92. The Kier molecular flexibility index (Phi) is 7.01. The fraction of sp³-hybridized carbons (Fsp3) is 0.400. The lowest BCUT2D eigenvalue weighted by molar-refractivity contribution is -0.138. The topological polar surface area (TPSA) is 79.5 Å². The second kappa shape index (κ2) is 8.51. The van der Waals surface area contributed by atoms with Crippen molar-refractivity contribution in [3.8, 4) is 11.4 Å². The molecule has 22 heavy (non-hydrogen) atoms. The van der Waals surface area contributed by atoms with Gasteiger partial charge in [-0.2, -0.15) is 4.98 Å². The molecule has 120 valence electrons. The van der Waals surface area contributed by atoms with E-state index in [1.807, 2.05) is 38.1 Å². The highest BCUT2D eigenvalue weighted by atomic mass is 35.5. The number of halogens is 1. The maximum atomic E-state index is 10.8. The molecular formula is C15H20ClN3O3. The van der Waals surface area contributed by atoms with Gasteiger partial charge in [-0.3, -0.25) is 9.69 Å². The number of aryl methyl sites for hydroxylation is 1. The van der Waals surface area contributed by atoms with E-state index >= 15 is 0 Å². The second-order valence-corrected chi connectivity index (χ2v) is 4.99. The van der Waals surface area contributed by atoms with Crippen molar-refractivity contribution in [2.45, 2.75) is 26.8 Å². The van der Waals surface area contributed by atoms with Crippen LogP contribution in [0.15, 0.2) is 28.8 Å². The summed E-state index contributed by atoms with van der Waals surface area (Å²) in [6.45, 7) is 4.99. The van der Waals surface area contributed by atoms with Gasteiger partial charge in [0.15, 0.2) is 0 Å². The van der Waals surface area contributed by atoms with Crippen LogP contribution in [0.5, 0.6) is 0 Å². The number of hydrogen-bond acceptors (Lipinski definition) is 5. The molecule has 0 aliphatic heterocycles. The standard InChI is InChI=1S/C15H19N3O3.ClH/c1-3-7-18(10-14(19)20)9-13-16-15(17-21-13)12-6-4-5-11(2)8-12;/h4-6,8H,3,7,9-10H2,1-2H3,(H,19,20);1H. The number of benzene rings is 1. The first kappa shape index (κ1) is 18.1. The predicted octanol–water partition coefficient (Wildman–Crippen LogP) is 2.76. The van der Waals surface area contributed by atoms with Gasteiger partial charge in [0.05, 0.1) is 13.1 Å². The van der Waals surface area contributed by atoms with Crippen molar-refractivity contribution >= 4 is 18.4 Å². The average molecular weight is 326 g/mol. The van der Waals surface area contributed by atoms with Crippen LogP contribution in [0.3, 0.4) is 0 Å². The molecule has 6 nitrogen and oxygen atoms in total. The summed E-state index contributed by atoms with van der Waals surface area (Å²) < 4.78 is 5.22. The molecule has 0 fully saturated rings. The number of aromatic nitrogens is 2. The summed E-state index contributed by atoms with van der Waals surface area (Å²) in [4.78, 5) is 16.9. The summed E-state index contributed by atoms with van der Waals surface area (Å²) >= 11 is 0. The van der Waals surface area contributed by atoms with E-state index in [0.29, 0.717) is 24.8 Å². The van der Waals surface area contributed by atoms with Crippen molar-refractivity contribution in [1.82, 2.24) is 15.0 Å². The number of carbonyl (C=O) groups is 1. The fourth-order valence-corrected chi connectivity index (χ4v) is 2.13. The lowest BCUT2D eigenvalue weighted by Crippen LogP contribution is -2.30. The van der Waals surface area contributed by atoms with Gasteiger partial charge in [-0.1, -0.05) is 35.8 Å². The summed E-state index contributed by atoms with van der Waals surface area (Å²) in [5, 5.41) is 12.9. The van der Waals surface area contributed by atoms with Gasteiger partial charge in [0.2, 0.25) is 11.7 Å². The normalized spacial score (nSPS) is 10.5. The first-order chi connectivity index (χ1) is 10.1. The largest absolute Gasteiger partial charge is 0.480 e. The molecule has 1 aromatic carbocycles. The SMILES string of the molecule is CCCN(CC(=O)O)Cc1nc(-c2cccc(C)c2)no1.Cl. The molecule has 1 N–H and O–H groups in total. The predicted molar refractivity (Wildman–Crippen MR) is 84.9 cm³/mol. The maximum Gasteiger partial charge on any atom is 0.317 e. The van der Waals surface area contributed by atoms with Crippen LogP contribution in [-0.2, 0) is 11.3 Å². The smallest absolute Gasteiger partial charge is 0.317 e. The molecule has 0 saturated heterocycles. The quantitative estimate of drug-likeness (QED) is 0.843. The lowest BCUT2D eigenvalue weighted by atomic mass is 10.1. The number of nitrogens with zero attached hydrogens (tertiary/aromatic N) is 3. The van der Waals surface area contributed by atoms with Crippen LogP contribution in [0.2, 0.25) is 0 Å². The zero-order chi connectivity index (χ0) is 15.2. The monoisotopic (exact) mass is 325 g/mol. The molecule has 0 amide bonds. The van der Waals surface area contributed by atoms with E-state index in [-0.39, 0.29) is 19.0 Å². The molecule has 7 heteroatoms. The van der Waals surface area contributed by atoms with Gasteiger partial charge in [-0.25, -0.2) is 0 Å². The van der Waals surface area contributed by atoms with Gasteiger partial charge in [0.1, 0.15) is 0 Å². The Morgan fingerprint density at radius 1 is 1.41 bits per heavy atom.